The quantitative estimate of drug-likeness (QED) is 0.683. The van der Waals surface area contributed by atoms with E-state index in [1.54, 1.807) is 4.31 Å². The lowest BCUT2D eigenvalue weighted by molar-refractivity contribution is 0.298. The van der Waals surface area contributed by atoms with Crippen molar-refractivity contribution in [3.8, 4) is 0 Å². The smallest absolute Gasteiger partial charge is 0.244 e. The molecule has 0 saturated heterocycles. The van der Waals surface area contributed by atoms with E-state index in [1.165, 1.54) is 0 Å². The Morgan fingerprint density at radius 1 is 0.889 bits per heavy atom. The van der Waals surface area contributed by atoms with Gasteiger partial charge in [-0.1, -0.05) is 48.0 Å². The maximum atomic E-state index is 13.8. The van der Waals surface area contributed by atoms with Crippen molar-refractivity contribution < 1.29 is 8.42 Å². The molecule has 1 atom stereocenters. The van der Waals surface area contributed by atoms with Gasteiger partial charge in [-0.25, -0.2) is 8.42 Å². The molecular weight excluding hydrogens is 356 g/mol. The van der Waals surface area contributed by atoms with Gasteiger partial charge < -0.3 is 4.57 Å². The number of benzene rings is 2. The summed E-state index contributed by atoms with van der Waals surface area (Å²) in [6.07, 6.45) is 2.03. The molecule has 0 amide bonds. The van der Waals surface area contributed by atoms with Crippen LogP contribution in [-0.4, -0.2) is 23.8 Å². The van der Waals surface area contributed by atoms with E-state index in [-0.39, 0.29) is 6.04 Å². The van der Waals surface area contributed by atoms with Gasteiger partial charge in [-0.15, -0.1) is 0 Å². The van der Waals surface area contributed by atoms with Crippen molar-refractivity contribution in [2.24, 2.45) is 0 Å². The highest BCUT2D eigenvalue weighted by Gasteiger charge is 2.38. The van der Waals surface area contributed by atoms with Gasteiger partial charge in [0, 0.05) is 25.0 Å². The molecule has 1 aromatic heterocycles. The topological polar surface area (TPSA) is 42.3 Å². The molecule has 2 heterocycles. The molecule has 4 rings (SSSR count). The van der Waals surface area contributed by atoms with Gasteiger partial charge in [0.1, 0.15) is 0 Å². The highest BCUT2D eigenvalue weighted by Crippen LogP contribution is 2.37. The highest BCUT2D eigenvalue weighted by molar-refractivity contribution is 7.89. The Morgan fingerprint density at radius 2 is 1.56 bits per heavy atom. The van der Waals surface area contributed by atoms with Gasteiger partial charge in [0.05, 0.1) is 10.9 Å². The molecule has 0 spiro atoms. The predicted molar refractivity (Wildman–Crippen MR) is 107 cm³/mol. The number of rotatable bonds is 3. The second-order valence-electron chi connectivity index (χ2n) is 7.28. The molecule has 0 aliphatic carbocycles. The lowest BCUT2D eigenvalue weighted by Crippen LogP contribution is -2.42. The molecule has 0 N–H and O–H groups in total. The van der Waals surface area contributed by atoms with Gasteiger partial charge >= 0.3 is 0 Å². The summed E-state index contributed by atoms with van der Waals surface area (Å²) < 4.78 is 31.4. The van der Waals surface area contributed by atoms with Gasteiger partial charge in [0.25, 0.3) is 0 Å². The normalized spacial score (nSPS) is 17.7. The fourth-order valence-corrected chi connectivity index (χ4v) is 6.28. The SMILES string of the molecule is Cc1cc(C)c(S(=O)(=O)N2CCn3cccc3[C@@H]2c2ccccc2)c(C)c1. The third-order valence-electron chi connectivity index (χ3n) is 5.28. The zero-order valence-electron chi connectivity index (χ0n) is 15.9. The number of fused-ring (bicyclic) bond motifs is 1. The second-order valence-corrected chi connectivity index (χ2v) is 9.11. The van der Waals surface area contributed by atoms with Crippen LogP contribution in [0.1, 0.15) is 34.0 Å². The third-order valence-corrected chi connectivity index (χ3v) is 7.45. The number of sulfonamides is 1. The van der Waals surface area contributed by atoms with Crippen LogP contribution in [0.25, 0.3) is 0 Å². The van der Waals surface area contributed by atoms with Crippen LogP contribution in [0.5, 0.6) is 0 Å². The van der Waals surface area contributed by atoms with Crippen molar-refractivity contribution in [1.29, 1.82) is 0 Å². The van der Waals surface area contributed by atoms with Gasteiger partial charge in [-0.2, -0.15) is 4.31 Å². The average Bonchev–Trinajstić information content (AvgIpc) is 3.09. The molecule has 1 aliphatic heterocycles. The van der Waals surface area contributed by atoms with Crippen molar-refractivity contribution in [1.82, 2.24) is 8.87 Å². The summed E-state index contributed by atoms with van der Waals surface area (Å²) in [5.41, 5.74) is 4.69. The standard InChI is InChI=1S/C22H24N2O2S/c1-16-14-17(2)22(18(3)15-16)27(25,26)24-13-12-23-11-7-10-20(23)21(24)19-8-5-4-6-9-19/h4-11,14-15,21H,12-13H2,1-3H3/t21-/m0/s1. The maximum absolute atomic E-state index is 13.8. The van der Waals surface area contributed by atoms with E-state index in [1.807, 2.05) is 81.6 Å². The lowest BCUT2D eigenvalue weighted by atomic mass is 10.0. The molecule has 0 fully saturated rings. The van der Waals surface area contributed by atoms with E-state index in [2.05, 4.69) is 4.57 Å². The van der Waals surface area contributed by atoms with Gasteiger partial charge in [0.15, 0.2) is 0 Å². The van der Waals surface area contributed by atoms with E-state index in [4.69, 9.17) is 0 Å². The van der Waals surface area contributed by atoms with Crippen molar-refractivity contribution >= 4 is 10.0 Å². The van der Waals surface area contributed by atoms with Gasteiger partial charge in [-0.3, -0.25) is 0 Å². The largest absolute Gasteiger partial charge is 0.348 e. The van der Waals surface area contributed by atoms with Crippen LogP contribution in [0.2, 0.25) is 0 Å². The molecular formula is C22H24N2O2S. The zero-order chi connectivity index (χ0) is 19.2. The Labute approximate surface area is 161 Å². The summed E-state index contributed by atoms with van der Waals surface area (Å²) in [7, 11) is -3.64. The minimum absolute atomic E-state index is 0.319. The lowest BCUT2D eigenvalue weighted by Gasteiger charge is -2.37. The van der Waals surface area contributed by atoms with Crippen LogP contribution in [0, 0.1) is 20.8 Å². The first-order valence-corrected chi connectivity index (χ1v) is 10.6. The third kappa shape index (κ3) is 3.01. The van der Waals surface area contributed by atoms with E-state index in [0.717, 1.165) is 27.9 Å². The number of hydrogen-bond acceptors (Lipinski definition) is 2. The van der Waals surface area contributed by atoms with Crippen LogP contribution in [-0.2, 0) is 16.6 Å². The first kappa shape index (κ1) is 18.0. The molecule has 0 unspecified atom stereocenters. The van der Waals surface area contributed by atoms with Crippen molar-refractivity contribution in [2.75, 3.05) is 6.54 Å². The van der Waals surface area contributed by atoms with Crippen molar-refractivity contribution in [3.05, 3.63) is 88.7 Å². The van der Waals surface area contributed by atoms with Crippen molar-refractivity contribution in [2.45, 2.75) is 38.3 Å². The van der Waals surface area contributed by atoms with Crippen molar-refractivity contribution in [3.63, 3.8) is 0 Å². The molecule has 140 valence electrons. The summed E-state index contributed by atoms with van der Waals surface area (Å²) in [6, 6.07) is 17.5. The van der Waals surface area contributed by atoms with Crippen LogP contribution in [0.15, 0.2) is 65.7 Å². The molecule has 4 nitrogen and oxygen atoms in total. The maximum Gasteiger partial charge on any atom is 0.244 e. The van der Waals surface area contributed by atoms with Crippen LogP contribution in [0.3, 0.4) is 0 Å². The predicted octanol–water partition coefficient (Wildman–Crippen LogP) is 4.21. The number of aryl methyl sites for hydroxylation is 3. The molecule has 0 radical (unpaired) electrons. The summed E-state index contributed by atoms with van der Waals surface area (Å²) in [6.45, 7) is 6.89. The number of aromatic nitrogens is 1. The molecule has 2 aromatic carbocycles. The number of hydrogen-bond donors (Lipinski definition) is 0. The summed E-state index contributed by atoms with van der Waals surface area (Å²) in [4.78, 5) is 0.439. The molecule has 0 bridgehead atoms. The van der Waals surface area contributed by atoms with Gasteiger partial charge in [0.2, 0.25) is 10.0 Å². The Balaban J connectivity index is 1.90. The molecule has 3 aromatic rings. The first-order chi connectivity index (χ1) is 12.9. The summed E-state index contributed by atoms with van der Waals surface area (Å²) in [5, 5.41) is 0. The van der Waals surface area contributed by atoms with E-state index < -0.39 is 10.0 Å². The second kappa shape index (κ2) is 6.66. The fraction of sp³-hybridized carbons (Fsp3) is 0.273. The average molecular weight is 381 g/mol. The van der Waals surface area contributed by atoms with Gasteiger partial charge in [-0.05, 0) is 49.6 Å². The molecule has 1 aliphatic rings. The minimum Gasteiger partial charge on any atom is -0.348 e. The fourth-order valence-electron chi connectivity index (χ4n) is 4.28. The van der Waals surface area contributed by atoms with Crippen LogP contribution in [0.4, 0.5) is 0 Å². The highest BCUT2D eigenvalue weighted by atomic mass is 32.2. The van der Waals surface area contributed by atoms with E-state index >= 15 is 0 Å². The Morgan fingerprint density at radius 3 is 2.22 bits per heavy atom. The summed E-state index contributed by atoms with van der Waals surface area (Å²) >= 11 is 0. The van der Waals surface area contributed by atoms with E-state index in [9.17, 15) is 8.42 Å². The zero-order valence-corrected chi connectivity index (χ0v) is 16.7. The monoisotopic (exact) mass is 380 g/mol. The molecule has 5 heteroatoms. The first-order valence-electron chi connectivity index (χ1n) is 9.19. The minimum atomic E-state index is -3.64. The van der Waals surface area contributed by atoms with E-state index in [0.29, 0.717) is 18.0 Å². The Kier molecular flexibility index (Phi) is 4.44. The molecule has 0 saturated carbocycles. The molecule has 27 heavy (non-hydrogen) atoms. The Bertz CT molecular complexity index is 1060. The number of nitrogens with zero attached hydrogens (tertiary/aromatic N) is 2. The Hall–Kier alpha value is -2.37. The summed E-state index contributed by atoms with van der Waals surface area (Å²) in [5.74, 6) is 0. The van der Waals surface area contributed by atoms with Crippen LogP contribution >= 0.6 is 0 Å². The van der Waals surface area contributed by atoms with Crippen LogP contribution < -0.4 is 0 Å².